The third-order valence-corrected chi connectivity index (χ3v) is 4.88. The van der Waals surface area contributed by atoms with E-state index in [2.05, 4.69) is 16.4 Å². The van der Waals surface area contributed by atoms with Gasteiger partial charge in [-0.3, -0.25) is 15.1 Å². The molecule has 128 valence electrons. The fraction of sp³-hybridized carbons (Fsp3) is 0.353. The molecule has 2 aromatic rings. The first-order chi connectivity index (χ1) is 10.7. The molecule has 0 aliphatic carbocycles. The van der Waals surface area contributed by atoms with Gasteiger partial charge in [0, 0.05) is 48.1 Å². The van der Waals surface area contributed by atoms with Crippen LogP contribution >= 0.6 is 24.8 Å². The number of halogens is 2. The van der Waals surface area contributed by atoms with E-state index in [1.165, 1.54) is 30.9 Å². The highest BCUT2D eigenvalue weighted by Gasteiger charge is 2.39. The lowest BCUT2D eigenvalue weighted by Gasteiger charge is -2.20. The summed E-state index contributed by atoms with van der Waals surface area (Å²) in [6, 6.07) is 10.1. The zero-order valence-corrected chi connectivity index (χ0v) is 14.6. The third-order valence-electron chi connectivity index (χ3n) is 4.88. The van der Waals surface area contributed by atoms with Gasteiger partial charge in [0.2, 0.25) is 0 Å². The van der Waals surface area contributed by atoms with Crippen LogP contribution in [0.4, 0.5) is 5.69 Å². The molecule has 0 spiro atoms. The summed E-state index contributed by atoms with van der Waals surface area (Å²) in [7, 11) is 0. The van der Waals surface area contributed by atoms with Crippen LogP contribution in [-0.4, -0.2) is 22.0 Å². The Morgan fingerprint density at radius 1 is 1.12 bits per heavy atom. The van der Waals surface area contributed by atoms with Gasteiger partial charge < -0.3 is 5.32 Å². The summed E-state index contributed by atoms with van der Waals surface area (Å²) in [6.45, 7) is 0. The Morgan fingerprint density at radius 2 is 1.96 bits per heavy atom. The smallest absolute Gasteiger partial charge is 0.270 e. The minimum absolute atomic E-state index is 0. The topological polar surface area (TPSA) is 68.1 Å². The normalized spacial score (nSPS) is 24.1. The molecular formula is C17H19Cl2N3O2. The first-order valence-corrected chi connectivity index (χ1v) is 7.66. The van der Waals surface area contributed by atoms with Crippen molar-refractivity contribution in [2.45, 2.75) is 37.3 Å². The fourth-order valence-corrected chi connectivity index (χ4v) is 3.81. The van der Waals surface area contributed by atoms with Gasteiger partial charge in [0.05, 0.1) is 4.92 Å². The van der Waals surface area contributed by atoms with E-state index in [1.54, 1.807) is 18.3 Å². The van der Waals surface area contributed by atoms with E-state index in [1.807, 2.05) is 12.3 Å². The molecule has 2 bridgehead atoms. The number of pyridine rings is 1. The molecule has 1 N–H and O–H groups in total. The van der Waals surface area contributed by atoms with Crippen molar-refractivity contribution in [2.75, 3.05) is 0 Å². The monoisotopic (exact) mass is 367 g/mol. The van der Waals surface area contributed by atoms with Crippen molar-refractivity contribution in [3.63, 3.8) is 0 Å². The zero-order chi connectivity index (χ0) is 15.1. The Morgan fingerprint density at radius 3 is 2.62 bits per heavy atom. The molecule has 0 amide bonds. The van der Waals surface area contributed by atoms with Gasteiger partial charge in [-0.05, 0) is 36.5 Å². The minimum Gasteiger partial charge on any atom is -0.311 e. The van der Waals surface area contributed by atoms with Crippen molar-refractivity contribution in [2.24, 2.45) is 0 Å². The third kappa shape index (κ3) is 3.38. The second-order valence-corrected chi connectivity index (χ2v) is 6.20. The number of benzene rings is 1. The quantitative estimate of drug-likeness (QED) is 0.654. The van der Waals surface area contributed by atoms with Crippen molar-refractivity contribution in [1.82, 2.24) is 10.3 Å². The van der Waals surface area contributed by atoms with E-state index >= 15 is 0 Å². The Bertz CT molecular complexity index is 741. The molecule has 3 heterocycles. The minimum atomic E-state index is -0.360. The highest BCUT2D eigenvalue weighted by molar-refractivity contribution is 5.85. The van der Waals surface area contributed by atoms with Gasteiger partial charge in [-0.15, -0.1) is 24.8 Å². The highest BCUT2D eigenvalue weighted by atomic mass is 35.5. The summed E-state index contributed by atoms with van der Waals surface area (Å²) in [5, 5.41) is 14.6. The zero-order valence-electron chi connectivity index (χ0n) is 12.9. The molecule has 7 heteroatoms. The summed E-state index contributed by atoms with van der Waals surface area (Å²) < 4.78 is 0. The molecule has 2 aliphatic rings. The number of aromatic nitrogens is 1. The molecule has 2 aliphatic heterocycles. The van der Waals surface area contributed by atoms with Crippen LogP contribution in [0.15, 0.2) is 42.7 Å². The standard InChI is InChI=1S/C17H17N3O2.2ClH/c21-20(22)15-3-1-2-11(7-15)12-6-13(10-18-9-12)16-8-14-4-5-17(16)19-14;;/h1-3,6-7,9-10,14,16-17,19H,4-5,8H2;2*1H. The van der Waals surface area contributed by atoms with Gasteiger partial charge in [0.25, 0.3) is 5.69 Å². The molecule has 4 rings (SSSR count). The maximum absolute atomic E-state index is 10.9. The molecule has 0 saturated carbocycles. The van der Waals surface area contributed by atoms with Crippen LogP contribution in [0.1, 0.15) is 30.7 Å². The number of nitrogens with one attached hydrogen (secondary N) is 1. The van der Waals surface area contributed by atoms with Crippen molar-refractivity contribution < 1.29 is 4.92 Å². The van der Waals surface area contributed by atoms with Gasteiger partial charge >= 0.3 is 0 Å². The number of fused-ring (bicyclic) bond motifs is 2. The number of nitro benzene ring substituents is 1. The van der Waals surface area contributed by atoms with Crippen molar-refractivity contribution in [3.05, 3.63) is 58.4 Å². The molecule has 5 nitrogen and oxygen atoms in total. The van der Waals surface area contributed by atoms with Gasteiger partial charge in [-0.25, -0.2) is 0 Å². The summed E-state index contributed by atoms with van der Waals surface area (Å²) >= 11 is 0. The Balaban J connectivity index is 0.00000104. The van der Waals surface area contributed by atoms with Crippen LogP contribution in [0.3, 0.4) is 0 Å². The molecular weight excluding hydrogens is 349 g/mol. The van der Waals surface area contributed by atoms with Gasteiger partial charge in [-0.2, -0.15) is 0 Å². The maximum atomic E-state index is 10.9. The van der Waals surface area contributed by atoms with Crippen LogP contribution in [0.2, 0.25) is 0 Å². The first-order valence-electron chi connectivity index (χ1n) is 7.66. The maximum Gasteiger partial charge on any atom is 0.270 e. The summed E-state index contributed by atoms with van der Waals surface area (Å²) in [5.41, 5.74) is 3.15. The average molecular weight is 368 g/mol. The van der Waals surface area contributed by atoms with Crippen LogP contribution in [0.5, 0.6) is 0 Å². The molecule has 3 unspecified atom stereocenters. The molecule has 2 saturated heterocycles. The SMILES string of the molecule is Cl.Cl.O=[N+]([O-])c1cccc(-c2cncc(C3CC4CCC3N4)c2)c1. The molecule has 2 fully saturated rings. The molecule has 24 heavy (non-hydrogen) atoms. The molecule has 1 aromatic heterocycles. The largest absolute Gasteiger partial charge is 0.311 e. The Hall–Kier alpha value is -1.69. The van der Waals surface area contributed by atoms with Crippen LogP contribution < -0.4 is 5.32 Å². The lowest BCUT2D eigenvalue weighted by atomic mass is 9.84. The number of rotatable bonds is 3. The molecule has 3 atom stereocenters. The highest BCUT2D eigenvalue weighted by Crippen LogP contribution is 2.40. The number of nitrogens with zero attached hydrogens (tertiary/aromatic N) is 2. The first kappa shape index (κ1) is 18.6. The number of nitro groups is 1. The fourth-order valence-electron chi connectivity index (χ4n) is 3.81. The van der Waals surface area contributed by atoms with E-state index in [-0.39, 0.29) is 35.4 Å². The lowest BCUT2D eigenvalue weighted by molar-refractivity contribution is -0.384. The number of hydrogen-bond donors (Lipinski definition) is 1. The van der Waals surface area contributed by atoms with Gasteiger partial charge in [0.1, 0.15) is 0 Å². The predicted molar refractivity (Wildman–Crippen MR) is 98.1 cm³/mol. The van der Waals surface area contributed by atoms with Crippen molar-refractivity contribution in [1.29, 1.82) is 0 Å². The second-order valence-electron chi connectivity index (χ2n) is 6.20. The van der Waals surface area contributed by atoms with E-state index in [9.17, 15) is 10.1 Å². The van der Waals surface area contributed by atoms with E-state index < -0.39 is 0 Å². The van der Waals surface area contributed by atoms with E-state index in [0.29, 0.717) is 18.0 Å². The van der Waals surface area contributed by atoms with E-state index in [4.69, 9.17) is 0 Å². The van der Waals surface area contributed by atoms with Crippen molar-refractivity contribution in [3.8, 4) is 11.1 Å². The summed E-state index contributed by atoms with van der Waals surface area (Å²) in [4.78, 5) is 14.9. The van der Waals surface area contributed by atoms with Gasteiger partial charge in [-0.1, -0.05) is 12.1 Å². The summed E-state index contributed by atoms with van der Waals surface area (Å²) in [5.74, 6) is 0.518. The van der Waals surface area contributed by atoms with Crippen LogP contribution in [0.25, 0.3) is 11.1 Å². The molecule has 0 radical (unpaired) electrons. The van der Waals surface area contributed by atoms with Crippen molar-refractivity contribution >= 4 is 30.5 Å². The second kappa shape index (κ2) is 7.47. The van der Waals surface area contributed by atoms with Gasteiger partial charge in [0.15, 0.2) is 0 Å². The Kier molecular flexibility index (Phi) is 5.80. The Labute approximate surface area is 152 Å². The van der Waals surface area contributed by atoms with Crippen LogP contribution in [-0.2, 0) is 0 Å². The number of hydrogen-bond acceptors (Lipinski definition) is 4. The lowest BCUT2D eigenvalue weighted by Crippen LogP contribution is -2.21. The van der Waals surface area contributed by atoms with Crippen LogP contribution in [0, 0.1) is 10.1 Å². The average Bonchev–Trinajstić information content (AvgIpc) is 3.18. The summed E-state index contributed by atoms with van der Waals surface area (Å²) in [6.07, 6.45) is 7.40. The molecule has 1 aromatic carbocycles. The number of non-ortho nitro benzene ring substituents is 1. The predicted octanol–water partition coefficient (Wildman–Crippen LogP) is 4.11. The van der Waals surface area contributed by atoms with E-state index in [0.717, 1.165) is 11.1 Å².